The molecule has 1 heterocycles. The Labute approximate surface area is 68.5 Å². The Kier molecular flexibility index (Phi) is 2.19. The van der Waals surface area contributed by atoms with Crippen LogP contribution in [0.2, 0.25) is 0 Å². The zero-order chi connectivity index (χ0) is 6.15. The van der Waals surface area contributed by atoms with Gasteiger partial charge in [0.25, 0.3) is 0 Å². The van der Waals surface area contributed by atoms with Gasteiger partial charge in [0, 0.05) is 4.90 Å². The van der Waals surface area contributed by atoms with Gasteiger partial charge in [-0.1, -0.05) is 0 Å². The van der Waals surface area contributed by atoms with Crippen LogP contribution in [0.4, 0.5) is 0 Å². The summed E-state index contributed by atoms with van der Waals surface area (Å²) < 4.78 is 1.89. The fraction of sp³-hybridized carbons (Fsp3) is 0. The second-order valence-electron chi connectivity index (χ2n) is 1.28. The molecule has 0 fully saturated rings. The molecule has 0 nitrogen and oxygen atoms in total. The lowest BCUT2D eigenvalue weighted by atomic mass is 10.7. The van der Waals surface area contributed by atoms with Crippen molar-refractivity contribution < 1.29 is 0 Å². The van der Waals surface area contributed by atoms with Crippen molar-refractivity contribution in [2.24, 2.45) is 0 Å². The molecule has 0 radical (unpaired) electrons. The topological polar surface area (TPSA) is 0 Å². The maximum Gasteiger partial charge on any atom is 0.0713 e. The lowest BCUT2D eigenvalue weighted by molar-refractivity contribution is 1.40. The zero-order valence-corrected chi connectivity index (χ0v) is 7.33. The van der Waals surface area contributed by atoms with Crippen molar-refractivity contribution in [2.75, 3.05) is 0 Å². The van der Waals surface area contributed by atoms with Crippen LogP contribution in [0.3, 0.4) is 0 Å². The van der Waals surface area contributed by atoms with Gasteiger partial charge in [-0.3, -0.25) is 0 Å². The van der Waals surface area contributed by atoms with Crippen LogP contribution >= 0.6 is 49.2 Å². The van der Waals surface area contributed by atoms with Crippen LogP contribution in [0, 0.1) is 0 Å². The van der Waals surface area contributed by atoms with Crippen LogP contribution in [0.25, 0.3) is 0 Å². The van der Waals surface area contributed by atoms with Gasteiger partial charge in [0.2, 0.25) is 0 Å². The van der Waals surface area contributed by atoms with Gasteiger partial charge < -0.3 is 0 Å². The summed E-state index contributed by atoms with van der Waals surface area (Å²) in [4.78, 5) is 0.906. The maximum absolute atomic E-state index is 4.11. The molecule has 0 aromatic carbocycles. The molecule has 4 heteroatoms. The van der Waals surface area contributed by atoms with E-state index in [0.29, 0.717) is 0 Å². The van der Waals surface area contributed by atoms with Crippen molar-refractivity contribution >= 4 is 49.2 Å². The van der Waals surface area contributed by atoms with Gasteiger partial charge in [0.05, 0.1) is 8.42 Å². The molecule has 0 N–H and O–H groups in total. The molecule has 44 valence electrons. The summed E-state index contributed by atoms with van der Waals surface area (Å²) in [5, 5.41) is 0. The average molecular weight is 180 g/mol. The average Bonchev–Trinajstić information content (AvgIpc) is 1.85. The van der Waals surface area contributed by atoms with Crippen molar-refractivity contribution in [2.45, 2.75) is 13.3 Å². The summed E-state index contributed by atoms with van der Waals surface area (Å²) in [5.74, 6) is 0. The van der Waals surface area contributed by atoms with Crippen molar-refractivity contribution in [1.29, 1.82) is 0 Å². The number of thiol groups is 3. The molecule has 0 aliphatic rings. The molecule has 0 aliphatic carbocycles. The van der Waals surface area contributed by atoms with Gasteiger partial charge in [-0.25, -0.2) is 0 Å². The lowest BCUT2D eigenvalue weighted by Crippen LogP contribution is -1.48. The molecule has 0 spiro atoms. The lowest BCUT2D eigenvalue weighted by Gasteiger charge is -1.77. The molecule has 1 rings (SSSR count). The fourth-order valence-electron chi connectivity index (χ4n) is 0.359. The van der Waals surface area contributed by atoms with Crippen LogP contribution in [0.1, 0.15) is 0 Å². The van der Waals surface area contributed by atoms with Crippen molar-refractivity contribution in [1.82, 2.24) is 0 Å². The van der Waals surface area contributed by atoms with Gasteiger partial charge in [-0.15, -0.1) is 49.2 Å². The Balaban J connectivity index is 3.14. The second kappa shape index (κ2) is 2.56. The molecule has 8 heavy (non-hydrogen) atoms. The summed E-state index contributed by atoms with van der Waals surface area (Å²) >= 11 is 13.8. The first kappa shape index (κ1) is 6.86. The molecule has 1 aromatic heterocycles. The Morgan fingerprint density at radius 2 is 1.88 bits per heavy atom. The molecular weight excluding hydrogens is 176 g/mol. The molecular formula is C4H4S4. The highest BCUT2D eigenvalue weighted by Crippen LogP contribution is 2.30. The summed E-state index contributed by atoms with van der Waals surface area (Å²) in [5.41, 5.74) is 0. The first-order chi connectivity index (χ1) is 3.70. The normalized spacial score (nSPS) is 9.88. The number of thiophene rings is 1. The predicted octanol–water partition coefficient (Wildman–Crippen LogP) is 2.61. The van der Waals surface area contributed by atoms with E-state index in [1.807, 2.05) is 6.07 Å². The Morgan fingerprint density at radius 3 is 2.00 bits per heavy atom. The monoisotopic (exact) mass is 180 g/mol. The summed E-state index contributed by atoms with van der Waals surface area (Å²) in [6.07, 6.45) is 0. The second-order valence-corrected chi connectivity index (χ2v) is 4.34. The van der Waals surface area contributed by atoms with Gasteiger partial charge >= 0.3 is 0 Å². The summed E-state index contributed by atoms with van der Waals surface area (Å²) in [7, 11) is 0. The largest absolute Gasteiger partial charge is 0.141 e. The first-order valence-corrected chi connectivity index (χ1v) is 4.06. The SMILES string of the molecule is Sc1cc(S)c(S)s1. The van der Waals surface area contributed by atoms with E-state index in [0.717, 1.165) is 13.3 Å². The minimum atomic E-state index is 0.906. The van der Waals surface area contributed by atoms with Crippen molar-refractivity contribution in [3.8, 4) is 0 Å². The van der Waals surface area contributed by atoms with E-state index in [9.17, 15) is 0 Å². The van der Waals surface area contributed by atoms with Crippen LogP contribution < -0.4 is 0 Å². The van der Waals surface area contributed by atoms with E-state index >= 15 is 0 Å². The molecule has 0 saturated heterocycles. The van der Waals surface area contributed by atoms with Gasteiger partial charge in [0.1, 0.15) is 0 Å². The molecule has 0 atom stereocenters. The van der Waals surface area contributed by atoms with Gasteiger partial charge in [-0.05, 0) is 6.07 Å². The van der Waals surface area contributed by atoms with E-state index in [4.69, 9.17) is 0 Å². The van der Waals surface area contributed by atoms with Gasteiger partial charge in [-0.2, -0.15) is 0 Å². The van der Waals surface area contributed by atoms with Gasteiger partial charge in [0.15, 0.2) is 0 Å². The number of hydrogen-bond donors (Lipinski definition) is 3. The minimum absolute atomic E-state index is 0.906. The van der Waals surface area contributed by atoms with E-state index in [1.165, 1.54) is 11.3 Å². The van der Waals surface area contributed by atoms with Crippen LogP contribution in [0.15, 0.2) is 19.4 Å². The highest BCUT2D eigenvalue weighted by Gasteiger charge is 1.96. The summed E-state index contributed by atoms with van der Waals surface area (Å²) in [6, 6.07) is 1.87. The molecule has 1 aromatic rings. The van der Waals surface area contributed by atoms with E-state index in [2.05, 4.69) is 37.9 Å². The fourth-order valence-corrected chi connectivity index (χ4v) is 2.33. The molecule has 0 unspecified atom stereocenters. The number of rotatable bonds is 0. The van der Waals surface area contributed by atoms with E-state index in [-0.39, 0.29) is 0 Å². The molecule has 0 bridgehead atoms. The minimum Gasteiger partial charge on any atom is -0.141 e. The summed E-state index contributed by atoms with van der Waals surface area (Å²) in [6.45, 7) is 0. The van der Waals surface area contributed by atoms with Crippen LogP contribution in [-0.4, -0.2) is 0 Å². The van der Waals surface area contributed by atoms with Crippen molar-refractivity contribution in [3.63, 3.8) is 0 Å². The highest BCUT2D eigenvalue weighted by atomic mass is 32.2. The third-order valence-corrected chi connectivity index (χ3v) is 3.02. The van der Waals surface area contributed by atoms with E-state index in [1.54, 1.807) is 0 Å². The predicted molar refractivity (Wildman–Crippen MR) is 46.1 cm³/mol. The smallest absolute Gasteiger partial charge is 0.0713 e. The Bertz CT molecular complexity index is 170. The third kappa shape index (κ3) is 1.37. The first-order valence-electron chi connectivity index (χ1n) is 1.91. The van der Waals surface area contributed by atoms with Crippen LogP contribution in [0.5, 0.6) is 0 Å². The highest BCUT2D eigenvalue weighted by molar-refractivity contribution is 7.87. The zero-order valence-electron chi connectivity index (χ0n) is 3.83. The quantitative estimate of drug-likeness (QED) is 0.502. The van der Waals surface area contributed by atoms with E-state index < -0.39 is 0 Å². The van der Waals surface area contributed by atoms with Crippen LogP contribution in [-0.2, 0) is 0 Å². The Hall–Kier alpha value is 0.750. The molecule has 0 aliphatic heterocycles. The molecule has 0 saturated carbocycles. The third-order valence-electron chi connectivity index (χ3n) is 0.681. The standard InChI is InChI=1S/C4H4S4/c5-2-1-3(6)8-4(2)7/h1,5-7H. The number of hydrogen-bond acceptors (Lipinski definition) is 4. The maximum atomic E-state index is 4.11. The molecule has 0 amide bonds. The Morgan fingerprint density at radius 1 is 1.25 bits per heavy atom. The van der Waals surface area contributed by atoms with Crippen molar-refractivity contribution in [3.05, 3.63) is 6.07 Å².